The molecule has 4 aromatic rings. The zero-order chi connectivity index (χ0) is 16.5. The van der Waals surface area contributed by atoms with Crippen molar-refractivity contribution in [3.05, 3.63) is 88.9 Å². The lowest BCUT2D eigenvalue weighted by Gasteiger charge is -2.11. The Morgan fingerprint density at radius 3 is 2.25 bits per heavy atom. The molecule has 0 amide bonds. The van der Waals surface area contributed by atoms with Crippen LogP contribution in [0.4, 0.5) is 0 Å². The van der Waals surface area contributed by atoms with Gasteiger partial charge in [-0.1, -0.05) is 70.0 Å². The molecular formula is C22H16BrN. The third-order valence-electron chi connectivity index (χ3n) is 4.19. The third-order valence-corrected chi connectivity index (χ3v) is 4.72. The highest BCUT2D eigenvalue weighted by atomic mass is 79.9. The largest absolute Gasteiger partial charge is 0.248 e. The predicted molar refractivity (Wildman–Crippen MR) is 105 cm³/mol. The van der Waals surface area contributed by atoms with E-state index in [1.165, 1.54) is 22.1 Å². The van der Waals surface area contributed by atoms with Crippen molar-refractivity contribution in [1.82, 2.24) is 4.98 Å². The average Bonchev–Trinajstić information content (AvgIpc) is 2.62. The fourth-order valence-electron chi connectivity index (χ4n) is 2.96. The van der Waals surface area contributed by atoms with E-state index in [0.717, 1.165) is 21.2 Å². The van der Waals surface area contributed by atoms with Gasteiger partial charge in [-0.3, -0.25) is 0 Å². The first-order chi connectivity index (χ1) is 11.7. The van der Waals surface area contributed by atoms with E-state index in [0.29, 0.717) is 0 Å². The van der Waals surface area contributed by atoms with E-state index in [4.69, 9.17) is 4.98 Å². The predicted octanol–water partition coefficient (Wildman–Crippen LogP) is 6.64. The van der Waals surface area contributed by atoms with Crippen LogP contribution < -0.4 is 0 Å². The molecule has 3 aromatic carbocycles. The first-order valence-electron chi connectivity index (χ1n) is 7.93. The molecule has 0 radical (unpaired) electrons. The smallest absolute Gasteiger partial charge is 0.0715 e. The fraction of sp³-hybridized carbons (Fsp3) is 0.0455. The zero-order valence-electron chi connectivity index (χ0n) is 13.3. The molecule has 24 heavy (non-hydrogen) atoms. The van der Waals surface area contributed by atoms with E-state index >= 15 is 0 Å². The van der Waals surface area contributed by atoms with Gasteiger partial charge in [0.1, 0.15) is 0 Å². The van der Waals surface area contributed by atoms with E-state index in [1.54, 1.807) is 0 Å². The normalized spacial score (nSPS) is 10.9. The number of benzene rings is 3. The molecule has 1 nitrogen and oxygen atoms in total. The Hall–Kier alpha value is -2.45. The number of nitrogens with zero attached hydrogens (tertiary/aromatic N) is 1. The molecule has 0 atom stereocenters. The number of halogens is 1. The average molecular weight is 374 g/mol. The molecule has 0 aliphatic rings. The Balaban J connectivity index is 2.00. The van der Waals surface area contributed by atoms with E-state index in [9.17, 15) is 0 Å². The molecule has 0 bridgehead atoms. The summed E-state index contributed by atoms with van der Waals surface area (Å²) in [5, 5.41) is 1.20. The third kappa shape index (κ3) is 2.85. The standard InChI is InChI=1S/C22H16BrN/c1-15-7-12-21-20(13-15)19(16-5-3-2-4-6-16)14-22(24-21)17-8-10-18(23)11-9-17/h2-14H,1H3. The summed E-state index contributed by atoms with van der Waals surface area (Å²) < 4.78 is 1.07. The molecule has 0 saturated carbocycles. The Morgan fingerprint density at radius 2 is 1.50 bits per heavy atom. The SMILES string of the molecule is Cc1ccc2nc(-c3ccc(Br)cc3)cc(-c3ccccc3)c2c1. The molecule has 0 aliphatic heterocycles. The van der Waals surface area contributed by atoms with Gasteiger partial charge in [0, 0.05) is 15.4 Å². The van der Waals surface area contributed by atoms with Crippen LogP contribution in [0.15, 0.2) is 83.3 Å². The number of fused-ring (bicyclic) bond motifs is 1. The zero-order valence-corrected chi connectivity index (χ0v) is 14.9. The van der Waals surface area contributed by atoms with Crippen LogP contribution in [0.1, 0.15) is 5.56 Å². The summed E-state index contributed by atoms with van der Waals surface area (Å²) in [5.74, 6) is 0. The molecule has 1 aromatic heterocycles. The lowest BCUT2D eigenvalue weighted by atomic mass is 9.97. The quantitative estimate of drug-likeness (QED) is 0.383. The summed E-state index contributed by atoms with van der Waals surface area (Å²) in [4.78, 5) is 4.89. The Kier molecular flexibility index (Phi) is 3.91. The minimum atomic E-state index is 0.998. The van der Waals surface area contributed by atoms with Gasteiger partial charge >= 0.3 is 0 Å². The van der Waals surface area contributed by atoms with Gasteiger partial charge in [-0.15, -0.1) is 0 Å². The maximum Gasteiger partial charge on any atom is 0.0715 e. The highest BCUT2D eigenvalue weighted by molar-refractivity contribution is 9.10. The number of aromatic nitrogens is 1. The van der Waals surface area contributed by atoms with Crippen LogP contribution in [0, 0.1) is 6.92 Å². The Bertz CT molecular complexity index is 1010. The topological polar surface area (TPSA) is 12.9 Å². The van der Waals surface area contributed by atoms with Crippen LogP contribution in [-0.2, 0) is 0 Å². The highest BCUT2D eigenvalue weighted by Crippen LogP contribution is 2.32. The fourth-order valence-corrected chi connectivity index (χ4v) is 3.23. The van der Waals surface area contributed by atoms with Crippen LogP contribution in [0.5, 0.6) is 0 Å². The van der Waals surface area contributed by atoms with Crippen LogP contribution in [0.25, 0.3) is 33.3 Å². The van der Waals surface area contributed by atoms with Crippen molar-refractivity contribution in [3.63, 3.8) is 0 Å². The van der Waals surface area contributed by atoms with E-state index in [-0.39, 0.29) is 0 Å². The summed E-state index contributed by atoms with van der Waals surface area (Å²) in [6.07, 6.45) is 0. The number of hydrogen-bond acceptors (Lipinski definition) is 1. The van der Waals surface area contributed by atoms with E-state index < -0.39 is 0 Å². The molecule has 2 heteroatoms. The van der Waals surface area contributed by atoms with Crippen LogP contribution in [0.3, 0.4) is 0 Å². The van der Waals surface area contributed by atoms with Crippen molar-refractivity contribution in [3.8, 4) is 22.4 Å². The van der Waals surface area contributed by atoms with Crippen LogP contribution in [-0.4, -0.2) is 4.98 Å². The lowest BCUT2D eigenvalue weighted by molar-refractivity contribution is 1.38. The van der Waals surface area contributed by atoms with Gasteiger partial charge in [0.2, 0.25) is 0 Å². The molecule has 0 fully saturated rings. The number of hydrogen-bond donors (Lipinski definition) is 0. The molecule has 116 valence electrons. The minimum Gasteiger partial charge on any atom is -0.248 e. The monoisotopic (exact) mass is 373 g/mol. The Morgan fingerprint density at radius 1 is 0.750 bits per heavy atom. The summed E-state index contributed by atoms with van der Waals surface area (Å²) >= 11 is 3.50. The van der Waals surface area contributed by atoms with Gasteiger partial charge in [0.25, 0.3) is 0 Å². The number of rotatable bonds is 2. The molecular weight excluding hydrogens is 358 g/mol. The molecule has 0 aliphatic carbocycles. The van der Waals surface area contributed by atoms with Gasteiger partial charge in [-0.05, 0) is 48.4 Å². The number of aryl methyl sites for hydroxylation is 1. The molecule has 0 unspecified atom stereocenters. The molecule has 0 saturated heterocycles. The second kappa shape index (κ2) is 6.21. The number of pyridine rings is 1. The summed E-state index contributed by atoms with van der Waals surface area (Å²) in [6.45, 7) is 2.12. The second-order valence-corrected chi connectivity index (χ2v) is 6.86. The van der Waals surface area contributed by atoms with Crippen LogP contribution in [0.2, 0.25) is 0 Å². The van der Waals surface area contributed by atoms with Crippen molar-refractivity contribution < 1.29 is 0 Å². The molecule has 0 spiro atoms. The highest BCUT2D eigenvalue weighted by Gasteiger charge is 2.09. The molecule has 0 N–H and O–H groups in total. The molecule has 4 rings (SSSR count). The van der Waals surface area contributed by atoms with Crippen molar-refractivity contribution >= 4 is 26.8 Å². The first-order valence-corrected chi connectivity index (χ1v) is 8.73. The van der Waals surface area contributed by atoms with Crippen LogP contribution >= 0.6 is 15.9 Å². The second-order valence-electron chi connectivity index (χ2n) is 5.95. The van der Waals surface area contributed by atoms with Gasteiger partial charge in [0.15, 0.2) is 0 Å². The van der Waals surface area contributed by atoms with Crippen molar-refractivity contribution in [2.45, 2.75) is 6.92 Å². The van der Waals surface area contributed by atoms with E-state index in [2.05, 4.69) is 95.7 Å². The maximum absolute atomic E-state index is 4.89. The summed E-state index contributed by atoms with van der Waals surface area (Å²) in [7, 11) is 0. The van der Waals surface area contributed by atoms with Gasteiger partial charge < -0.3 is 0 Å². The van der Waals surface area contributed by atoms with E-state index in [1.807, 2.05) is 6.07 Å². The summed E-state index contributed by atoms with van der Waals surface area (Å²) in [5.41, 5.74) is 6.84. The van der Waals surface area contributed by atoms with Gasteiger partial charge in [-0.25, -0.2) is 4.98 Å². The molecule has 1 heterocycles. The van der Waals surface area contributed by atoms with Gasteiger partial charge in [-0.2, -0.15) is 0 Å². The maximum atomic E-state index is 4.89. The van der Waals surface area contributed by atoms with Crippen molar-refractivity contribution in [2.75, 3.05) is 0 Å². The Labute approximate surface area is 150 Å². The minimum absolute atomic E-state index is 0.998. The van der Waals surface area contributed by atoms with Crippen molar-refractivity contribution in [1.29, 1.82) is 0 Å². The van der Waals surface area contributed by atoms with Gasteiger partial charge in [0.05, 0.1) is 11.2 Å². The lowest BCUT2D eigenvalue weighted by Crippen LogP contribution is -1.90. The first kappa shape index (κ1) is 15.1. The summed E-state index contributed by atoms with van der Waals surface area (Å²) in [6, 6.07) is 27.5. The van der Waals surface area contributed by atoms with Crippen molar-refractivity contribution in [2.24, 2.45) is 0 Å².